The van der Waals surface area contributed by atoms with Crippen molar-refractivity contribution in [3.8, 4) is 0 Å². The van der Waals surface area contributed by atoms with E-state index in [1.165, 1.54) is 31.0 Å². The Bertz CT molecular complexity index is 364. The first-order valence-electron chi connectivity index (χ1n) is 6.84. The summed E-state index contributed by atoms with van der Waals surface area (Å²) in [5.41, 5.74) is -0.176. The highest BCUT2D eigenvalue weighted by molar-refractivity contribution is 8.14. The van der Waals surface area contributed by atoms with Gasteiger partial charge in [-0.2, -0.15) is 0 Å². The molecule has 4 N–H and O–H groups in total. The first kappa shape index (κ1) is 13.6. The number of rotatable bonds is 3. The molecule has 2 saturated heterocycles. The fourth-order valence-electron chi connectivity index (χ4n) is 2.65. The fourth-order valence-corrected chi connectivity index (χ4v) is 3.76. The van der Waals surface area contributed by atoms with Gasteiger partial charge in [-0.05, 0) is 12.8 Å². The lowest BCUT2D eigenvalue weighted by molar-refractivity contribution is -0.154. The number of hydrogen-bond donors (Lipinski definition) is 4. The molecule has 108 valence electrons. The van der Waals surface area contributed by atoms with Crippen LogP contribution in [0.2, 0.25) is 0 Å². The summed E-state index contributed by atoms with van der Waals surface area (Å²) in [4.78, 5) is 4.07. The molecule has 0 radical (unpaired) electrons. The first-order chi connectivity index (χ1) is 9.19. The third-order valence-electron chi connectivity index (χ3n) is 4.13. The molecule has 2 heterocycles. The number of amidine groups is 1. The second-order valence-electron chi connectivity index (χ2n) is 5.38. The average Bonchev–Trinajstić information content (AvgIpc) is 2.76. The standard InChI is InChI=1S/C12H21N3O3S/c1-13-12-15-8-10(17)9(16)7(18-11(8)19-12)5-14-6-3-2-4-6/h6-11,14,16-17H,2-5H2,1H3,(H,13,15). The highest BCUT2D eigenvalue weighted by atomic mass is 32.2. The van der Waals surface area contributed by atoms with E-state index in [9.17, 15) is 10.2 Å². The van der Waals surface area contributed by atoms with E-state index in [1.54, 1.807) is 7.05 Å². The largest absolute Gasteiger partial charge is 0.388 e. The molecular formula is C12H21N3O3S. The molecule has 3 fully saturated rings. The average molecular weight is 287 g/mol. The van der Waals surface area contributed by atoms with Crippen molar-refractivity contribution in [2.24, 2.45) is 4.99 Å². The molecule has 0 amide bonds. The number of aliphatic hydroxyl groups excluding tert-OH is 2. The lowest BCUT2D eigenvalue weighted by Crippen LogP contribution is -2.61. The van der Waals surface area contributed by atoms with Gasteiger partial charge in [0.1, 0.15) is 23.7 Å². The monoisotopic (exact) mass is 287 g/mol. The van der Waals surface area contributed by atoms with Crippen LogP contribution in [-0.2, 0) is 4.74 Å². The van der Waals surface area contributed by atoms with Crippen molar-refractivity contribution in [3.05, 3.63) is 0 Å². The number of hydrogen-bond acceptors (Lipinski definition) is 6. The van der Waals surface area contributed by atoms with Gasteiger partial charge in [0.15, 0.2) is 5.17 Å². The third-order valence-corrected chi connectivity index (χ3v) is 5.30. The van der Waals surface area contributed by atoms with Crippen LogP contribution in [0.25, 0.3) is 0 Å². The summed E-state index contributed by atoms with van der Waals surface area (Å²) in [5.74, 6) is 0. The Balaban J connectivity index is 1.60. The Hall–Kier alpha value is -0.340. The van der Waals surface area contributed by atoms with E-state index in [4.69, 9.17) is 4.74 Å². The normalized spacial score (nSPS) is 44.8. The lowest BCUT2D eigenvalue weighted by Gasteiger charge is -2.40. The van der Waals surface area contributed by atoms with Crippen LogP contribution in [0.4, 0.5) is 0 Å². The second-order valence-corrected chi connectivity index (χ2v) is 6.46. The number of fused-ring (bicyclic) bond motifs is 1. The number of aliphatic imine (C=N–C) groups is 1. The highest BCUT2D eigenvalue weighted by Crippen LogP contribution is 2.33. The van der Waals surface area contributed by atoms with Crippen LogP contribution >= 0.6 is 11.8 Å². The topological polar surface area (TPSA) is 86.1 Å². The number of aliphatic hydroxyl groups is 2. The van der Waals surface area contributed by atoms with Crippen molar-refractivity contribution in [1.29, 1.82) is 0 Å². The van der Waals surface area contributed by atoms with Crippen LogP contribution < -0.4 is 10.6 Å². The minimum Gasteiger partial charge on any atom is -0.388 e. The number of nitrogens with zero attached hydrogens (tertiary/aromatic N) is 1. The van der Waals surface area contributed by atoms with Crippen LogP contribution in [-0.4, -0.2) is 64.8 Å². The molecule has 6 nitrogen and oxygen atoms in total. The van der Waals surface area contributed by atoms with E-state index in [1.807, 2.05) is 0 Å². The van der Waals surface area contributed by atoms with Gasteiger partial charge >= 0.3 is 0 Å². The van der Waals surface area contributed by atoms with E-state index in [-0.39, 0.29) is 17.6 Å². The molecule has 3 rings (SSSR count). The summed E-state index contributed by atoms with van der Waals surface area (Å²) in [6, 6.07) is 0.270. The van der Waals surface area contributed by atoms with Crippen LogP contribution in [0.5, 0.6) is 0 Å². The van der Waals surface area contributed by atoms with Crippen molar-refractivity contribution in [3.63, 3.8) is 0 Å². The zero-order valence-corrected chi connectivity index (χ0v) is 11.8. The predicted molar refractivity (Wildman–Crippen MR) is 74.2 cm³/mol. The molecular weight excluding hydrogens is 266 g/mol. The van der Waals surface area contributed by atoms with Crippen LogP contribution in [0.15, 0.2) is 4.99 Å². The molecule has 5 unspecified atom stereocenters. The second kappa shape index (κ2) is 5.57. The fraction of sp³-hybridized carbons (Fsp3) is 0.917. The van der Waals surface area contributed by atoms with E-state index < -0.39 is 12.2 Å². The predicted octanol–water partition coefficient (Wildman–Crippen LogP) is -0.734. The zero-order chi connectivity index (χ0) is 13.4. The lowest BCUT2D eigenvalue weighted by atomic mass is 9.92. The molecule has 0 aromatic heterocycles. The molecule has 5 atom stereocenters. The van der Waals surface area contributed by atoms with Gasteiger partial charge in [0.25, 0.3) is 0 Å². The van der Waals surface area contributed by atoms with E-state index in [0.29, 0.717) is 12.6 Å². The van der Waals surface area contributed by atoms with E-state index >= 15 is 0 Å². The molecule has 0 bridgehead atoms. The maximum atomic E-state index is 10.2. The summed E-state index contributed by atoms with van der Waals surface area (Å²) in [5, 5.41) is 27.6. The van der Waals surface area contributed by atoms with Gasteiger partial charge in [0, 0.05) is 19.6 Å². The van der Waals surface area contributed by atoms with Crippen LogP contribution in [0, 0.1) is 0 Å². The molecule has 1 aliphatic carbocycles. The Morgan fingerprint density at radius 2 is 2.21 bits per heavy atom. The molecule has 7 heteroatoms. The van der Waals surface area contributed by atoms with Crippen molar-refractivity contribution >= 4 is 16.9 Å². The van der Waals surface area contributed by atoms with Crippen LogP contribution in [0.3, 0.4) is 0 Å². The quantitative estimate of drug-likeness (QED) is 0.547. The zero-order valence-electron chi connectivity index (χ0n) is 11.0. The summed E-state index contributed by atoms with van der Waals surface area (Å²) < 4.78 is 5.89. The van der Waals surface area contributed by atoms with Gasteiger partial charge in [-0.3, -0.25) is 4.99 Å². The summed E-state index contributed by atoms with van der Waals surface area (Å²) in [7, 11) is 1.70. The molecule has 19 heavy (non-hydrogen) atoms. The molecule has 1 saturated carbocycles. The first-order valence-corrected chi connectivity index (χ1v) is 7.72. The van der Waals surface area contributed by atoms with Crippen molar-refractivity contribution in [2.45, 2.75) is 55.1 Å². The van der Waals surface area contributed by atoms with E-state index in [0.717, 1.165) is 5.17 Å². The van der Waals surface area contributed by atoms with Gasteiger partial charge < -0.3 is 25.6 Å². The smallest absolute Gasteiger partial charge is 0.159 e. The molecule has 0 spiro atoms. The van der Waals surface area contributed by atoms with Gasteiger partial charge in [-0.15, -0.1) is 0 Å². The maximum Gasteiger partial charge on any atom is 0.159 e. The number of thioether (sulfide) groups is 1. The molecule has 0 aromatic rings. The van der Waals surface area contributed by atoms with Gasteiger partial charge in [0.2, 0.25) is 0 Å². The Morgan fingerprint density at radius 1 is 1.42 bits per heavy atom. The Labute approximate surface area is 117 Å². The molecule has 2 aliphatic heterocycles. The Morgan fingerprint density at radius 3 is 2.84 bits per heavy atom. The SMILES string of the molecule is CN=C1NC2C(OC(CNC3CCC3)C(O)C2O)S1. The maximum absolute atomic E-state index is 10.2. The van der Waals surface area contributed by atoms with Crippen molar-refractivity contribution < 1.29 is 14.9 Å². The highest BCUT2D eigenvalue weighted by Gasteiger charge is 2.48. The van der Waals surface area contributed by atoms with Crippen LogP contribution in [0.1, 0.15) is 19.3 Å². The van der Waals surface area contributed by atoms with Gasteiger partial charge in [0.05, 0.1) is 6.04 Å². The van der Waals surface area contributed by atoms with Crippen molar-refractivity contribution in [1.82, 2.24) is 10.6 Å². The molecule has 3 aliphatic rings. The van der Waals surface area contributed by atoms with E-state index in [2.05, 4.69) is 15.6 Å². The van der Waals surface area contributed by atoms with Crippen molar-refractivity contribution in [2.75, 3.05) is 13.6 Å². The summed E-state index contributed by atoms with van der Waals surface area (Å²) in [6.45, 7) is 0.589. The molecule has 0 aromatic carbocycles. The van der Waals surface area contributed by atoms with Gasteiger partial charge in [-0.1, -0.05) is 18.2 Å². The number of nitrogens with one attached hydrogen (secondary N) is 2. The summed E-state index contributed by atoms with van der Waals surface area (Å²) in [6.07, 6.45) is 1.62. The minimum atomic E-state index is -0.863. The van der Waals surface area contributed by atoms with Gasteiger partial charge in [-0.25, -0.2) is 0 Å². The summed E-state index contributed by atoms with van der Waals surface area (Å²) >= 11 is 1.48. The third kappa shape index (κ3) is 2.62. The minimum absolute atomic E-state index is 0.176. The Kier molecular flexibility index (Phi) is 4.00. The number of ether oxygens (including phenoxy) is 1.